The molecule has 2 N–H and O–H groups in total. The minimum absolute atomic E-state index is 0.0930. The van der Waals surface area contributed by atoms with Gasteiger partial charge < -0.3 is 5.11 Å². The molecule has 0 saturated heterocycles. The summed E-state index contributed by atoms with van der Waals surface area (Å²) in [4.78, 5) is 11.3. The van der Waals surface area contributed by atoms with Gasteiger partial charge in [0.1, 0.15) is 5.75 Å². The summed E-state index contributed by atoms with van der Waals surface area (Å²) in [5, 5.41) is 9.53. The van der Waals surface area contributed by atoms with Gasteiger partial charge in [-0.3, -0.25) is 9.35 Å². The first kappa shape index (κ1) is 17.1. The average Bonchev–Trinajstić information content (AvgIpc) is 2.58. The van der Waals surface area contributed by atoms with E-state index >= 15 is 0 Å². The van der Waals surface area contributed by atoms with Crippen LogP contribution in [0.2, 0.25) is 0 Å². The highest BCUT2D eigenvalue weighted by Gasteiger charge is 2.28. The van der Waals surface area contributed by atoms with Gasteiger partial charge in [-0.15, -0.1) is 0 Å². The number of carbonyl (C=O) groups is 1. The molecule has 1 aliphatic carbocycles. The fraction of sp³-hybridized carbons (Fsp3) is 0.105. The van der Waals surface area contributed by atoms with Gasteiger partial charge in [-0.25, -0.2) is 0 Å². The average molecular weight is 356 g/mol. The first-order chi connectivity index (χ1) is 11.9. The van der Waals surface area contributed by atoms with E-state index < -0.39 is 16.0 Å². The van der Waals surface area contributed by atoms with Crippen molar-refractivity contribution in [3.05, 3.63) is 84.0 Å². The standard InChI is InChI=1S/C19H16O5S/c20-15-9-5-13(6-10-15)19(14-7-11-16(21)12-8-14)17-3-1-2-4-18(17)25(22,23)24/h1-13,19,21H,(H,22,23,24)/t19-/m1/s1. The summed E-state index contributed by atoms with van der Waals surface area (Å²) >= 11 is 0. The first-order valence-corrected chi connectivity index (χ1v) is 9.06. The fourth-order valence-corrected chi connectivity index (χ4v) is 3.76. The normalized spacial score (nSPS) is 16.1. The highest BCUT2D eigenvalue weighted by atomic mass is 32.2. The molecule has 2 aromatic rings. The van der Waals surface area contributed by atoms with Crippen molar-refractivity contribution in [1.82, 2.24) is 0 Å². The molecule has 0 radical (unpaired) electrons. The van der Waals surface area contributed by atoms with E-state index in [1.54, 1.807) is 36.4 Å². The SMILES string of the molecule is O=C1C=CC([C@H](c2ccc(O)cc2)c2ccccc2S(=O)(=O)O)C=C1. The van der Waals surface area contributed by atoms with Crippen LogP contribution in [0.5, 0.6) is 5.75 Å². The van der Waals surface area contributed by atoms with Gasteiger partial charge in [0.25, 0.3) is 10.1 Å². The molecule has 0 aliphatic heterocycles. The molecule has 2 aromatic carbocycles. The van der Waals surface area contributed by atoms with Crippen LogP contribution in [0.15, 0.2) is 77.7 Å². The smallest absolute Gasteiger partial charge is 0.294 e. The molecule has 5 nitrogen and oxygen atoms in total. The predicted molar refractivity (Wildman–Crippen MR) is 93.0 cm³/mol. The lowest BCUT2D eigenvalue weighted by Crippen LogP contribution is -2.16. The number of hydrogen-bond donors (Lipinski definition) is 2. The summed E-state index contributed by atoms with van der Waals surface area (Å²) < 4.78 is 33.2. The maximum Gasteiger partial charge on any atom is 0.294 e. The number of phenolic OH excluding ortho intramolecular Hbond substituents is 1. The van der Waals surface area contributed by atoms with E-state index in [1.165, 1.54) is 36.4 Å². The number of phenols is 1. The van der Waals surface area contributed by atoms with Gasteiger partial charge in [0.2, 0.25) is 0 Å². The number of ketones is 1. The molecule has 6 heteroatoms. The molecule has 1 atom stereocenters. The Hall–Kier alpha value is -2.70. The fourth-order valence-electron chi connectivity index (χ4n) is 3.02. The summed E-state index contributed by atoms with van der Waals surface area (Å²) in [6.07, 6.45) is 6.30. The van der Waals surface area contributed by atoms with Crippen LogP contribution in [0.3, 0.4) is 0 Å². The monoisotopic (exact) mass is 356 g/mol. The van der Waals surface area contributed by atoms with Crippen LogP contribution < -0.4 is 0 Å². The lowest BCUT2D eigenvalue weighted by Gasteiger charge is -2.26. The van der Waals surface area contributed by atoms with Gasteiger partial charge in [0.05, 0.1) is 4.90 Å². The van der Waals surface area contributed by atoms with Crippen molar-refractivity contribution in [2.24, 2.45) is 5.92 Å². The molecule has 0 aromatic heterocycles. The van der Waals surface area contributed by atoms with E-state index in [1.807, 2.05) is 0 Å². The first-order valence-electron chi connectivity index (χ1n) is 7.62. The van der Waals surface area contributed by atoms with Crippen LogP contribution >= 0.6 is 0 Å². The maximum atomic E-state index is 11.8. The van der Waals surface area contributed by atoms with Crippen LogP contribution in [-0.4, -0.2) is 23.9 Å². The van der Waals surface area contributed by atoms with E-state index in [4.69, 9.17) is 0 Å². The maximum absolute atomic E-state index is 11.8. The number of rotatable bonds is 4. The Morgan fingerprint density at radius 3 is 2.12 bits per heavy atom. The largest absolute Gasteiger partial charge is 0.508 e. The van der Waals surface area contributed by atoms with E-state index in [-0.39, 0.29) is 22.3 Å². The van der Waals surface area contributed by atoms with Crippen LogP contribution in [-0.2, 0) is 14.9 Å². The van der Waals surface area contributed by atoms with Gasteiger partial charge in [0, 0.05) is 11.8 Å². The summed E-state index contributed by atoms with van der Waals surface area (Å²) in [6, 6.07) is 12.6. The zero-order chi connectivity index (χ0) is 18.0. The second-order valence-electron chi connectivity index (χ2n) is 5.78. The van der Waals surface area contributed by atoms with Gasteiger partial charge in [-0.05, 0) is 41.5 Å². The van der Waals surface area contributed by atoms with Crippen LogP contribution in [0.25, 0.3) is 0 Å². The second kappa shape index (κ2) is 6.66. The molecule has 128 valence electrons. The number of allylic oxidation sites excluding steroid dienone is 4. The quantitative estimate of drug-likeness (QED) is 0.822. The van der Waals surface area contributed by atoms with E-state index in [0.717, 1.165) is 5.56 Å². The summed E-state index contributed by atoms with van der Waals surface area (Å²) in [7, 11) is -4.41. The third-order valence-electron chi connectivity index (χ3n) is 4.13. The number of benzene rings is 2. The molecule has 0 spiro atoms. The number of hydrogen-bond acceptors (Lipinski definition) is 4. The molecule has 3 rings (SSSR count). The van der Waals surface area contributed by atoms with Crippen molar-refractivity contribution in [1.29, 1.82) is 0 Å². The minimum Gasteiger partial charge on any atom is -0.508 e. The van der Waals surface area contributed by atoms with E-state index in [2.05, 4.69) is 0 Å². The van der Waals surface area contributed by atoms with E-state index in [9.17, 15) is 22.9 Å². The van der Waals surface area contributed by atoms with Crippen molar-refractivity contribution >= 4 is 15.9 Å². The Morgan fingerprint density at radius 1 is 0.920 bits per heavy atom. The molecule has 0 amide bonds. The topological polar surface area (TPSA) is 91.7 Å². The highest BCUT2D eigenvalue weighted by Crippen LogP contribution is 2.38. The lowest BCUT2D eigenvalue weighted by molar-refractivity contribution is -0.110. The van der Waals surface area contributed by atoms with Crippen molar-refractivity contribution in [3.63, 3.8) is 0 Å². The molecular weight excluding hydrogens is 340 g/mol. The van der Waals surface area contributed by atoms with Gasteiger partial charge in [-0.1, -0.05) is 42.5 Å². The highest BCUT2D eigenvalue weighted by molar-refractivity contribution is 7.85. The molecule has 0 fully saturated rings. The molecule has 1 aliphatic rings. The van der Waals surface area contributed by atoms with Crippen molar-refractivity contribution < 1.29 is 22.9 Å². The Morgan fingerprint density at radius 2 is 1.52 bits per heavy atom. The van der Waals surface area contributed by atoms with Gasteiger partial charge in [0.15, 0.2) is 5.78 Å². The number of aromatic hydroxyl groups is 1. The molecule has 0 bridgehead atoms. The molecule has 0 heterocycles. The minimum atomic E-state index is -4.41. The van der Waals surface area contributed by atoms with Crippen molar-refractivity contribution in [2.45, 2.75) is 10.8 Å². The lowest BCUT2D eigenvalue weighted by atomic mass is 9.79. The Labute approximate surface area is 145 Å². The second-order valence-corrected chi connectivity index (χ2v) is 7.17. The molecule has 0 saturated carbocycles. The van der Waals surface area contributed by atoms with Crippen molar-refractivity contribution in [3.8, 4) is 5.75 Å². The Kier molecular flexibility index (Phi) is 4.57. The van der Waals surface area contributed by atoms with E-state index in [0.29, 0.717) is 5.56 Å². The zero-order valence-corrected chi connectivity index (χ0v) is 13.9. The predicted octanol–water partition coefficient (Wildman–Crippen LogP) is 3.08. The summed E-state index contributed by atoms with van der Waals surface area (Å²) in [5.74, 6) is -0.760. The summed E-state index contributed by atoms with van der Waals surface area (Å²) in [6.45, 7) is 0. The summed E-state index contributed by atoms with van der Waals surface area (Å²) in [5.41, 5.74) is 1.17. The Balaban J connectivity index is 2.19. The van der Waals surface area contributed by atoms with Crippen molar-refractivity contribution in [2.75, 3.05) is 0 Å². The molecular formula is C19H16O5S. The van der Waals surface area contributed by atoms with Crippen LogP contribution in [0.1, 0.15) is 17.0 Å². The van der Waals surface area contributed by atoms with Crippen LogP contribution in [0.4, 0.5) is 0 Å². The third kappa shape index (κ3) is 3.70. The van der Waals surface area contributed by atoms with Crippen LogP contribution in [0, 0.1) is 5.92 Å². The Bertz CT molecular complexity index is 940. The molecule has 0 unspecified atom stereocenters. The van der Waals surface area contributed by atoms with Gasteiger partial charge in [-0.2, -0.15) is 8.42 Å². The molecule has 25 heavy (non-hydrogen) atoms. The number of carbonyl (C=O) groups excluding carboxylic acids is 1. The zero-order valence-electron chi connectivity index (χ0n) is 13.1. The van der Waals surface area contributed by atoms with Gasteiger partial charge >= 0.3 is 0 Å². The third-order valence-corrected chi connectivity index (χ3v) is 5.06.